The normalized spacial score (nSPS) is 19.5. The van der Waals surface area contributed by atoms with Crippen LogP contribution < -0.4 is 0 Å². The molecule has 4 nitrogen and oxygen atoms in total. The summed E-state index contributed by atoms with van der Waals surface area (Å²) in [5.41, 5.74) is -0.395. The molecule has 0 aromatic carbocycles. The van der Waals surface area contributed by atoms with Crippen molar-refractivity contribution in [2.45, 2.75) is 72.0 Å². The van der Waals surface area contributed by atoms with E-state index in [2.05, 4.69) is 0 Å². The lowest BCUT2D eigenvalue weighted by atomic mass is 9.97. The van der Waals surface area contributed by atoms with Crippen LogP contribution in [0.25, 0.3) is 0 Å². The van der Waals surface area contributed by atoms with Gasteiger partial charge in [0.05, 0.1) is 6.42 Å². The molecule has 0 N–H and O–H groups in total. The third-order valence-corrected chi connectivity index (χ3v) is 2.79. The van der Waals surface area contributed by atoms with E-state index in [1.807, 2.05) is 47.6 Å². The second-order valence-corrected chi connectivity index (χ2v) is 7.23. The molecule has 0 fully saturated rings. The largest absolute Gasteiger partial charge is 0.460 e. The highest BCUT2D eigenvalue weighted by atomic mass is 16.6. The summed E-state index contributed by atoms with van der Waals surface area (Å²) in [6.45, 7) is 11.0. The van der Waals surface area contributed by atoms with E-state index in [-0.39, 0.29) is 24.3 Å². The fourth-order valence-electron chi connectivity index (χ4n) is 2.15. The summed E-state index contributed by atoms with van der Waals surface area (Å²) in [5, 5.41) is 0. The number of hydrogen-bond acceptors (Lipinski definition) is 4. The van der Waals surface area contributed by atoms with Gasteiger partial charge in [0, 0.05) is 11.5 Å². The predicted molar refractivity (Wildman–Crippen MR) is 77.1 cm³/mol. The summed E-state index contributed by atoms with van der Waals surface area (Å²) in [6, 6.07) is 0. The zero-order valence-corrected chi connectivity index (χ0v) is 13.4. The van der Waals surface area contributed by atoms with Crippen molar-refractivity contribution >= 4 is 11.9 Å². The quantitative estimate of drug-likeness (QED) is 0.744. The molecule has 0 aromatic rings. The summed E-state index contributed by atoms with van der Waals surface area (Å²) >= 11 is 0. The third-order valence-electron chi connectivity index (χ3n) is 2.79. The van der Waals surface area contributed by atoms with Crippen molar-refractivity contribution in [2.24, 2.45) is 5.92 Å². The van der Waals surface area contributed by atoms with E-state index in [9.17, 15) is 9.59 Å². The van der Waals surface area contributed by atoms with Gasteiger partial charge in [-0.25, -0.2) is 4.79 Å². The second kappa shape index (κ2) is 5.98. The van der Waals surface area contributed by atoms with Gasteiger partial charge in [-0.05, 0) is 54.4 Å². The molecule has 1 atom stereocenters. The number of hydrogen-bond donors (Lipinski definition) is 0. The number of allylic oxidation sites excluding steroid dienone is 1. The van der Waals surface area contributed by atoms with E-state index in [4.69, 9.17) is 9.47 Å². The molecule has 0 aromatic heterocycles. The molecular weight excluding hydrogens is 256 g/mol. The van der Waals surface area contributed by atoms with Crippen molar-refractivity contribution in [1.29, 1.82) is 0 Å². The Hall–Kier alpha value is -1.32. The Balaban J connectivity index is 2.62. The minimum Gasteiger partial charge on any atom is -0.460 e. The Morgan fingerprint density at radius 1 is 1.10 bits per heavy atom. The molecule has 0 unspecified atom stereocenters. The third kappa shape index (κ3) is 5.76. The van der Waals surface area contributed by atoms with Crippen molar-refractivity contribution in [2.75, 3.05) is 0 Å². The van der Waals surface area contributed by atoms with Gasteiger partial charge in [0.15, 0.2) is 0 Å². The Bertz CT molecular complexity index is 407. The summed E-state index contributed by atoms with van der Waals surface area (Å²) in [7, 11) is 0. The van der Waals surface area contributed by atoms with Crippen LogP contribution in [0.15, 0.2) is 11.6 Å². The van der Waals surface area contributed by atoms with Crippen LogP contribution in [0.1, 0.15) is 60.8 Å². The molecule has 4 heteroatoms. The van der Waals surface area contributed by atoms with Gasteiger partial charge in [0.1, 0.15) is 11.2 Å². The van der Waals surface area contributed by atoms with Crippen LogP contribution >= 0.6 is 0 Å². The van der Waals surface area contributed by atoms with Crippen molar-refractivity contribution in [3.8, 4) is 0 Å². The standard InChI is InChI=1S/C16H26O4/c1-15(2,3)19-13(17)10-11-8-7-9-12(11)14(18)20-16(4,5)6/h9,11H,7-8,10H2,1-6H3/t11-/m1/s1. The molecule has 0 radical (unpaired) electrons. The van der Waals surface area contributed by atoms with Gasteiger partial charge in [-0.15, -0.1) is 0 Å². The van der Waals surface area contributed by atoms with Crippen molar-refractivity contribution < 1.29 is 19.1 Å². The molecule has 0 aliphatic heterocycles. The molecule has 0 saturated carbocycles. The molecule has 0 bridgehead atoms. The molecule has 114 valence electrons. The van der Waals surface area contributed by atoms with Gasteiger partial charge in [-0.3, -0.25) is 4.79 Å². The predicted octanol–water partition coefficient (Wildman–Crippen LogP) is 3.40. The van der Waals surface area contributed by atoms with E-state index >= 15 is 0 Å². The topological polar surface area (TPSA) is 52.6 Å². The maximum Gasteiger partial charge on any atom is 0.334 e. The SMILES string of the molecule is CC(C)(C)OC(=O)C[C@H]1CCC=C1C(=O)OC(C)(C)C. The Morgan fingerprint density at radius 3 is 2.15 bits per heavy atom. The number of esters is 2. The number of ether oxygens (including phenoxy) is 2. The highest BCUT2D eigenvalue weighted by Gasteiger charge is 2.31. The van der Waals surface area contributed by atoms with Crippen molar-refractivity contribution in [3.63, 3.8) is 0 Å². The van der Waals surface area contributed by atoms with E-state index in [1.165, 1.54) is 0 Å². The molecule has 0 saturated heterocycles. The summed E-state index contributed by atoms with van der Waals surface area (Å²) < 4.78 is 10.7. The van der Waals surface area contributed by atoms with Crippen LogP contribution in [0.3, 0.4) is 0 Å². The van der Waals surface area contributed by atoms with E-state index in [0.29, 0.717) is 5.57 Å². The first-order chi connectivity index (χ1) is 8.98. The van der Waals surface area contributed by atoms with Gasteiger partial charge in [-0.1, -0.05) is 6.08 Å². The Morgan fingerprint density at radius 2 is 1.65 bits per heavy atom. The zero-order chi connectivity index (χ0) is 15.6. The first-order valence-electron chi connectivity index (χ1n) is 7.13. The van der Waals surface area contributed by atoms with Gasteiger partial charge in [-0.2, -0.15) is 0 Å². The highest BCUT2D eigenvalue weighted by molar-refractivity contribution is 5.90. The molecule has 1 aliphatic carbocycles. The first kappa shape index (κ1) is 16.7. The lowest BCUT2D eigenvalue weighted by molar-refractivity contribution is -0.156. The lowest BCUT2D eigenvalue weighted by Crippen LogP contribution is -2.28. The maximum absolute atomic E-state index is 12.1. The van der Waals surface area contributed by atoms with Gasteiger partial charge in [0.2, 0.25) is 0 Å². The first-order valence-corrected chi connectivity index (χ1v) is 7.13. The molecular formula is C16H26O4. The minimum atomic E-state index is -0.517. The summed E-state index contributed by atoms with van der Waals surface area (Å²) in [5.74, 6) is -0.665. The van der Waals surface area contributed by atoms with Crippen molar-refractivity contribution in [1.82, 2.24) is 0 Å². The van der Waals surface area contributed by atoms with E-state index in [0.717, 1.165) is 12.8 Å². The Labute approximate surface area is 121 Å². The van der Waals surface area contributed by atoms with E-state index < -0.39 is 11.2 Å². The number of carbonyl (C=O) groups is 2. The lowest BCUT2D eigenvalue weighted by Gasteiger charge is -2.23. The average molecular weight is 282 g/mol. The van der Waals surface area contributed by atoms with Crippen LogP contribution in [-0.4, -0.2) is 23.1 Å². The molecule has 0 spiro atoms. The van der Waals surface area contributed by atoms with Crippen molar-refractivity contribution in [3.05, 3.63) is 11.6 Å². The van der Waals surface area contributed by atoms with Crippen LogP contribution in [0.2, 0.25) is 0 Å². The van der Waals surface area contributed by atoms with Crippen LogP contribution in [-0.2, 0) is 19.1 Å². The summed E-state index contributed by atoms with van der Waals surface area (Å²) in [6.07, 6.45) is 3.72. The molecule has 0 amide bonds. The van der Waals surface area contributed by atoms with Crippen LogP contribution in [0.4, 0.5) is 0 Å². The molecule has 1 aliphatic rings. The monoisotopic (exact) mass is 282 g/mol. The van der Waals surface area contributed by atoms with Crippen LogP contribution in [0, 0.1) is 5.92 Å². The summed E-state index contributed by atoms with van der Waals surface area (Å²) in [4.78, 5) is 24.0. The fraction of sp³-hybridized carbons (Fsp3) is 0.750. The maximum atomic E-state index is 12.1. The zero-order valence-electron chi connectivity index (χ0n) is 13.4. The average Bonchev–Trinajstić information content (AvgIpc) is 2.59. The van der Waals surface area contributed by atoms with Gasteiger partial charge < -0.3 is 9.47 Å². The number of carbonyl (C=O) groups excluding carboxylic acids is 2. The Kier molecular flexibility index (Phi) is 5.00. The van der Waals surface area contributed by atoms with Gasteiger partial charge in [0.25, 0.3) is 0 Å². The smallest absolute Gasteiger partial charge is 0.334 e. The molecule has 20 heavy (non-hydrogen) atoms. The molecule has 0 heterocycles. The minimum absolute atomic E-state index is 0.0836. The van der Waals surface area contributed by atoms with Gasteiger partial charge >= 0.3 is 11.9 Å². The van der Waals surface area contributed by atoms with Crippen LogP contribution in [0.5, 0.6) is 0 Å². The fourth-order valence-corrected chi connectivity index (χ4v) is 2.15. The molecule has 1 rings (SSSR count). The van der Waals surface area contributed by atoms with E-state index in [1.54, 1.807) is 0 Å². The second-order valence-electron chi connectivity index (χ2n) is 7.23. The highest BCUT2D eigenvalue weighted by Crippen LogP contribution is 2.31. The number of rotatable bonds is 3.